The molecule has 0 aliphatic rings. The van der Waals surface area contributed by atoms with E-state index in [-0.39, 0.29) is 0 Å². The molecule has 10 heavy (non-hydrogen) atoms. The Balaban J connectivity index is 3.30. The fourth-order valence-electron chi connectivity index (χ4n) is 0.916. The Labute approximate surface area is 71.1 Å². The Morgan fingerprint density at radius 1 is 1.20 bits per heavy atom. The van der Waals surface area contributed by atoms with Crippen molar-refractivity contribution in [3.8, 4) is 0 Å². The van der Waals surface area contributed by atoms with E-state index >= 15 is 0 Å². The van der Waals surface area contributed by atoms with E-state index in [1.165, 1.54) is 0 Å². The van der Waals surface area contributed by atoms with E-state index in [0.29, 0.717) is 0 Å². The minimum absolute atomic E-state index is 0.984. The van der Waals surface area contributed by atoms with Crippen molar-refractivity contribution in [1.82, 2.24) is 0 Å². The molecule has 0 radical (unpaired) electrons. The molecule has 2 heteroatoms. The van der Waals surface area contributed by atoms with Crippen molar-refractivity contribution in [3.05, 3.63) is 32.9 Å². The quantitative estimate of drug-likeness (QED) is 0.698. The van der Waals surface area contributed by atoms with Crippen LogP contribution in [0, 0.1) is 17.4 Å². The number of halogens is 1. The van der Waals surface area contributed by atoms with Gasteiger partial charge in [-0.3, -0.25) is 3.07 Å². The SMILES string of the molecule is Cc1cccc(C)c1I=O. The molecule has 0 aliphatic carbocycles. The molecule has 0 atom stereocenters. The summed E-state index contributed by atoms with van der Waals surface area (Å²) in [6.07, 6.45) is 0. The fraction of sp³-hybridized carbons (Fsp3) is 0.250. The molecule has 1 aromatic carbocycles. The molecule has 54 valence electrons. The van der Waals surface area contributed by atoms with Crippen LogP contribution in [0.25, 0.3) is 0 Å². The third-order valence-electron chi connectivity index (χ3n) is 1.46. The summed E-state index contributed by atoms with van der Waals surface area (Å²) in [5, 5.41) is 0. The molecule has 0 bridgehead atoms. The molecule has 0 amide bonds. The molecule has 1 rings (SSSR count). The van der Waals surface area contributed by atoms with Crippen LogP contribution in [0.2, 0.25) is 0 Å². The van der Waals surface area contributed by atoms with Gasteiger partial charge in [-0.25, -0.2) is 0 Å². The maximum absolute atomic E-state index is 10.7. The number of hydrogen-bond donors (Lipinski definition) is 0. The maximum atomic E-state index is 10.7. The first-order valence-corrected chi connectivity index (χ1v) is 5.05. The average Bonchev–Trinajstić information content (AvgIpc) is 1.88. The van der Waals surface area contributed by atoms with Gasteiger partial charge in [-0.2, -0.15) is 0 Å². The molecule has 0 aliphatic heterocycles. The van der Waals surface area contributed by atoms with Crippen molar-refractivity contribution in [2.24, 2.45) is 0 Å². The second-order valence-electron chi connectivity index (χ2n) is 2.28. The maximum Gasteiger partial charge on any atom is 0.182 e. The van der Waals surface area contributed by atoms with Crippen LogP contribution in [0.4, 0.5) is 0 Å². The van der Waals surface area contributed by atoms with E-state index in [4.69, 9.17) is 0 Å². The fourth-order valence-corrected chi connectivity index (χ4v) is 1.97. The van der Waals surface area contributed by atoms with Crippen LogP contribution in [0.3, 0.4) is 0 Å². The largest absolute Gasteiger partial charge is 0.265 e. The molecule has 0 unspecified atom stereocenters. The first-order chi connectivity index (χ1) is 4.75. The zero-order valence-corrected chi connectivity index (χ0v) is 8.18. The summed E-state index contributed by atoms with van der Waals surface area (Å²) in [4.78, 5) is 0. The van der Waals surface area contributed by atoms with Crippen molar-refractivity contribution in [3.63, 3.8) is 0 Å². The Kier molecular flexibility index (Phi) is 2.54. The van der Waals surface area contributed by atoms with E-state index in [2.05, 4.69) is 0 Å². The summed E-state index contributed by atoms with van der Waals surface area (Å²) in [7, 11) is 0. The van der Waals surface area contributed by atoms with Gasteiger partial charge in [0.25, 0.3) is 0 Å². The smallest absolute Gasteiger partial charge is 0.182 e. The van der Waals surface area contributed by atoms with E-state index in [1.54, 1.807) is 0 Å². The number of rotatable bonds is 1. The van der Waals surface area contributed by atoms with Gasteiger partial charge in [-0.05, 0) is 25.0 Å². The van der Waals surface area contributed by atoms with Gasteiger partial charge >= 0.3 is 0 Å². The van der Waals surface area contributed by atoms with Crippen molar-refractivity contribution in [2.45, 2.75) is 13.8 Å². The summed E-state index contributed by atoms with van der Waals surface area (Å²) in [5.74, 6) is 0. The van der Waals surface area contributed by atoms with Crippen LogP contribution >= 0.6 is 21.2 Å². The topological polar surface area (TPSA) is 17.1 Å². The predicted octanol–water partition coefficient (Wildman–Crippen LogP) is 2.79. The minimum atomic E-state index is -0.984. The van der Waals surface area contributed by atoms with Gasteiger partial charge < -0.3 is 0 Å². The van der Waals surface area contributed by atoms with Gasteiger partial charge in [-0.1, -0.05) is 18.2 Å². The van der Waals surface area contributed by atoms with Crippen LogP contribution < -0.4 is 0 Å². The monoisotopic (exact) mass is 248 g/mol. The molecule has 0 saturated heterocycles. The molecule has 0 heterocycles. The van der Waals surface area contributed by atoms with Crippen molar-refractivity contribution in [2.75, 3.05) is 0 Å². The summed E-state index contributed by atoms with van der Waals surface area (Å²) in [6.45, 7) is 4.00. The molecule has 0 N–H and O–H groups in total. The molecule has 0 fully saturated rings. The lowest BCUT2D eigenvalue weighted by Gasteiger charge is -1.98. The van der Waals surface area contributed by atoms with Crippen molar-refractivity contribution >= 4 is 21.2 Å². The Morgan fingerprint density at radius 2 is 1.70 bits per heavy atom. The molecule has 1 aromatic rings. The highest BCUT2D eigenvalue weighted by molar-refractivity contribution is 14.1. The van der Waals surface area contributed by atoms with Gasteiger partial charge in [0.1, 0.15) is 0 Å². The summed E-state index contributed by atoms with van der Waals surface area (Å²) in [6, 6.07) is 5.99. The van der Waals surface area contributed by atoms with E-state index in [0.717, 1.165) is 14.7 Å². The van der Waals surface area contributed by atoms with Crippen molar-refractivity contribution in [1.29, 1.82) is 0 Å². The zero-order valence-electron chi connectivity index (χ0n) is 6.02. The van der Waals surface area contributed by atoms with Gasteiger partial charge in [0.05, 0.1) is 3.57 Å². The third kappa shape index (κ3) is 1.42. The predicted molar refractivity (Wildman–Crippen MR) is 49.3 cm³/mol. The second-order valence-corrected chi connectivity index (χ2v) is 3.80. The molecule has 1 nitrogen and oxygen atoms in total. The lowest BCUT2D eigenvalue weighted by molar-refractivity contribution is 0.648. The van der Waals surface area contributed by atoms with Crippen LogP contribution in [0.1, 0.15) is 11.1 Å². The standard InChI is InChI=1S/C8H9IO/c1-6-4-3-5-7(2)8(6)9-10/h3-5H,1-2H3. The summed E-state index contributed by atoms with van der Waals surface area (Å²) < 4.78 is 11.7. The summed E-state index contributed by atoms with van der Waals surface area (Å²) >= 11 is -0.984. The second kappa shape index (κ2) is 3.23. The minimum Gasteiger partial charge on any atom is -0.265 e. The van der Waals surface area contributed by atoms with Crippen LogP contribution in [0.15, 0.2) is 18.2 Å². The highest BCUT2D eigenvalue weighted by Crippen LogP contribution is 2.18. The number of benzene rings is 1. The van der Waals surface area contributed by atoms with Crippen LogP contribution in [0.5, 0.6) is 0 Å². The highest BCUT2D eigenvalue weighted by atomic mass is 127. The van der Waals surface area contributed by atoms with E-state index in [9.17, 15) is 3.07 Å². The highest BCUT2D eigenvalue weighted by Gasteiger charge is 1.98. The van der Waals surface area contributed by atoms with Crippen molar-refractivity contribution < 1.29 is 3.07 Å². The molecule has 0 saturated carbocycles. The third-order valence-corrected chi connectivity index (χ3v) is 3.60. The molecule has 0 spiro atoms. The molecule has 0 aromatic heterocycles. The average molecular weight is 248 g/mol. The van der Waals surface area contributed by atoms with Gasteiger partial charge in [0.2, 0.25) is 0 Å². The zero-order chi connectivity index (χ0) is 7.56. The summed E-state index contributed by atoms with van der Waals surface area (Å²) in [5.41, 5.74) is 2.31. The first-order valence-electron chi connectivity index (χ1n) is 3.09. The lowest BCUT2D eigenvalue weighted by atomic mass is 10.2. The van der Waals surface area contributed by atoms with Crippen LogP contribution in [-0.2, 0) is 3.07 Å². The molecular formula is C8H9IO. The Hall–Kier alpha value is -0.250. The Morgan fingerprint density at radius 3 is 2.00 bits per heavy atom. The molecular weight excluding hydrogens is 239 g/mol. The van der Waals surface area contributed by atoms with Gasteiger partial charge in [0.15, 0.2) is 21.2 Å². The lowest BCUT2D eigenvalue weighted by Crippen LogP contribution is -1.83. The van der Waals surface area contributed by atoms with Gasteiger partial charge in [0, 0.05) is 0 Å². The van der Waals surface area contributed by atoms with Crippen LogP contribution in [-0.4, -0.2) is 0 Å². The Bertz CT molecular complexity index is 235. The normalized spacial score (nSPS) is 9.80. The first kappa shape index (κ1) is 7.85. The van der Waals surface area contributed by atoms with E-state index in [1.807, 2.05) is 32.0 Å². The number of hydrogen-bond acceptors (Lipinski definition) is 1. The van der Waals surface area contributed by atoms with Gasteiger partial charge in [-0.15, -0.1) is 0 Å². The van der Waals surface area contributed by atoms with E-state index < -0.39 is 21.2 Å². The number of aryl methyl sites for hydroxylation is 2.